The van der Waals surface area contributed by atoms with E-state index in [9.17, 15) is 0 Å². The van der Waals surface area contributed by atoms with Crippen molar-refractivity contribution in [3.8, 4) is 0 Å². The summed E-state index contributed by atoms with van der Waals surface area (Å²) in [5, 5.41) is 8.75. The summed E-state index contributed by atoms with van der Waals surface area (Å²) in [4.78, 5) is 2.63. The van der Waals surface area contributed by atoms with E-state index < -0.39 is 0 Å². The van der Waals surface area contributed by atoms with Crippen molar-refractivity contribution < 1.29 is 0 Å². The normalized spacial score (nSPS) is 17.8. The van der Waals surface area contributed by atoms with Gasteiger partial charge in [0.25, 0.3) is 0 Å². The maximum Gasteiger partial charge on any atom is 0.131 e. The summed E-state index contributed by atoms with van der Waals surface area (Å²) in [5.41, 5.74) is 3.49. The number of piperidine rings is 1. The molecule has 0 radical (unpaired) electrons. The number of aromatic nitrogens is 2. The van der Waals surface area contributed by atoms with E-state index in [-0.39, 0.29) is 0 Å². The number of likely N-dealkylation sites (tertiary alicyclic amines) is 1. The van der Waals surface area contributed by atoms with Gasteiger partial charge in [-0.2, -0.15) is 5.10 Å². The van der Waals surface area contributed by atoms with Crippen LogP contribution < -0.4 is 5.32 Å². The summed E-state index contributed by atoms with van der Waals surface area (Å²) in [5.74, 6) is 0.845. The predicted octanol–water partition coefficient (Wildman–Crippen LogP) is 3.94. The summed E-state index contributed by atoms with van der Waals surface area (Å²) in [7, 11) is 1.89. The maximum atomic E-state index is 6.36. The molecule has 5 heteroatoms. The topological polar surface area (TPSA) is 33.1 Å². The first-order chi connectivity index (χ1) is 12.1. The second-order valence-corrected chi connectivity index (χ2v) is 7.61. The van der Waals surface area contributed by atoms with Crippen LogP contribution in [0.5, 0.6) is 0 Å². The van der Waals surface area contributed by atoms with Gasteiger partial charge in [-0.15, -0.1) is 0 Å². The number of halogens is 1. The van der Waals surface area contributed by atoms with Crippen molar-refractivity contribution in [1.29, 1.82) is 0 Å². The summed E-state index contributed by atoms with van der Waals surface area (Å²) in [6.07, 6.45) is 2.58. The third-order valence-electron chi connectivity index (χ3n) is 5.35. The molecule has 2 aromatic rings. The Hall–Kier alpha value is -1.36. The van der Waals surface area contributed by atoms with E-state index in [2.05, 4.69) is 52.6 Å². The van der Waals surface area contributed by atoms with Crippen molar-refractivity contribution in [2.24, 2.45) is 13.0 Å². The Morgan fingerprint density at radius 3 is 2.52 bits per heavy atom. The van der Waals surface area contributed by atoms with Gasteiger partial charge >= 0.3 is 0 Å². The van der Waals surface area contributed by atoms with E-state index in [0.717, 1.165) is 35.4 Å². The van der Waals surface area contributed by atoms with E-state index in [4.69, 9.17) is 11.6 Å². The van der Waals surface area contributed by atoms with Crippen molar-refractivity contribution in [2.75, 3.05) is 19.6 Å². The lowest BCUT2D eigenvalue weighted by Crippen LogP contribution is -2.40. The van der Waals surface area contributed by atoms with Gasteiger partial charge in [-0.05, 0) is 44.3 Å². The minimum atomic E-state index is 0.407. The molecule has 136 valence electrons. The highest BCUT2D eigenvalue weighted by atomic mass is 35.5. The standard InChI is InChI=1S/C20H29ClN4/c1-15-9-11-25(12-10-15)19(17-7-5-4-6-8-17)14-22-13-18-16(2)23-24(3)20(18)21/h4-8,15,19,22H,9-14H2,1-3H3/t19-/m1/s1. The zero-order valence-corrected chi connectivity index (χ0v) is 16.3. The molecule has 4 nitrogen and oxygen atoms in total. The van der Waals surface area contributed by atoms with Crippen LogP contribution in [0.25, 0.3) is 0 Å². The van der Waals surface area contributed by atoms with Crippen LogP contribution in [0, 0.1) is 12.8 Å². The molecule has 1 aromatic heterocycles. The van der Waals surface area contributed by atoms with Crippen LogP contribution in [-0.4, -0.2) is 34.3 Å². The number of benzene rings is 1. The summed E-state index contributed by atoms with van der Waals surface area (Å²) in [6, 6.07) is 11.3. The molecule has 2 heterocycles. The number of nitrogens with zero attached hydrogens (tertiary/aromatic N) is 3. The number of rotatable bonds is 6. The number of nitrogens with one attached hydrogen (secondary N) is 1. The monoisotopic (exact) mass is 360 g/mol. The fourth-order valence-corrected chi connectivity index (χ4v) is 3.92. The van der Waals surface area contributed by atoms with E-state index in [0.29, 0.717) is 6.04 Å². The van der Waals surface area contributed by atoms with Crippen LogP contribution >= 0.6 is 11.6 Å². The molecule has 1 aliphatic rings. The molecule has 1 aromatic carbocycles. The van der Waals surface area contributed by atoms with Gasteiger partial charge in [-0.3, -0.25) is 9.58 Å². The Morgan fingerprint density at radius 2 is 1.92 bits per heavy atom. The molecule has 0 bridgehead atoms. The van der Waals surface area contributed by atoms with Crippen molar-refractivity contribution in [3.05, 3.63) is 52.3 Å². The molecular weight excluding hydrogens is 332 g/mol. The van der Waals surface area contributed by atoms with Gasteiger partial charge in [-0.25, -0.2) is 0 Å². The summed E-state index contributed by atoms with van der Waals surface area (Å²) in [6.45, 7) is 8.41. The molecule has 3 rings (SSSR count). The highest BCUT2D eigenvalue weighted by Crippen LogP contribution is 2.26. The Balaban J connectivity index is 1.67. The fourth-order valence-electron chi connectivity index (χ4n) is 3.68. The minimum absolute atomic E-state index is 0.407. The number of aryl methyl sites for hydroxylation is 2. The van der Waals surface area contributed by atoms with Crippen LogP contribution in [0.3, 0.4) is 0 Å². The van der Waals surface area contributed by atoms with E-state index in [1.54, 1.807) is 4.68 Å². The van der Waals surface area contributed by atoms with Gasteiger partial charge in [0.1, 0.15) is 5.15 Å². The average Bonchev–Trinajstić information content (AvgIpc) is 2.86. The maximum absolute atomic E-state index is 6.36. The quantitative estimate of drug-likeness (QED) is 0.846. The van der Waals surface area contributed by atoms with Crippen LogP contribution in [0.4, 0.5) is 0 Å². The van der Waals surface area contributed by atoms with Crippen LogP contribution in [0.15, 0.2) is 30.3 Å². The molecule has 1 saturated heterocycles. The van der Waals surface area contributed by atoms with E-state index in [1.165, 1.54) is 31.5 Å². The minimum Gasteiger partial charge on any atom is -0.311 e. The summed E-state index contributed by atoms with van der Waals surface area (Å²) < 4.78 is 1.74. The van der Waals surface area contributed by atoms with E-state index in [1.807, 2.05) is 14.0 Å². The van der Waals surface area contributed by atoms with Crippen molar-refractivity contribution in [3.63, 3.8) is 0 Å². The predicted molar refractivity (Wildman–Crippen MR) is 104 cm³/mol. The Morgan fingerprint density at radius 1 is 1.24 bits per heavy atom. The lowest BCUT2D eigenvalue weighted by atomic mass is 9.95. The number of hydrogen-bond acceptors (Lipinski definition) is 3. The smallest absolute Gasteiger partial charge is 0.131 e. The number of hydrogen-bond donors (Lipinski definition) is 1. The third kappa shape index (κ3) is 4.43. The molecule has 0 spiro atoms. The molecule has 0 amide bonds. The van der Waals surface area contributed by atoms with Crippen molar-refractivity contribution >= 4 is 11.6 Å². The lowest BCUT2D eigenvalue weighted by Gasteiger charge is -2.37. The van der Waals surface area contributed by atoms with Gasteiger partial charge in [0, 0.05) is 31.7 Å². The van der Waals surface area contributed by atoms with Crippen LogP contribution in [0.1, 0.15) is 42.6 Å². The highest BCUT2D eigenvalue weighted by Gasteiger charge is 2.24. The fraction of sp³-hybridized carbons (Fsp3) is 0.550. The van der Waals surface area contributed by atoms with Crippen LogP contribution in [0.2, 0.25) is 5.15 Å². The SMILES string of the molecule is Cc1nn(C)c(Cl)c1CNC[C@H](c1ccccc1)N1CCC(C)CC1. The van der Waals surface area contributed by atoms with Gasteiger partial charge in [-0.1, -0.05) is 48.9 Å². The molecule has 1 aliphatic heterocycles. The lowest BCUT2D eigenvalue weighted by molar-refractivity contribution is 0.135. The van der Waals surface area contributed by atoms with Crippen LogP contribution in [-0.2, 0) is 13.6 Å². The van der Waals surface area contributed by atoms with Gasteiger partial charge in [0.15, 0.2) is 0 Å². The summed E-state index contributed by atoms with van der Waals surface area (Å²) >= 11 is 6.36. The Labute approximate surface area is 156 Å². The molecular formula is C20H29ClN4. The Bertz CT molecular complexity index is 675. The first-order valence-corrected chi connectivity index (χ1v) is 9.61. The van der Waals surface area contributed by atoms with Gasteiger partial charge < -0.3 is 5.32 Å². The van der Waals surface area contributed by atoms with Crippen molar-refractivity contribution in [2.45, 2.75) is 39.3 Å². The van der Waals surface area contributed by atoms with Gasteiger partial charge in [0.05, 0.1) is 5.69 Å². The first kappa shape index (κ1) is 18.4. The highest BCUT2D eigenvalue weighted by molar-refractivity contribution is 6.30. The van der Waals surface area contributed by atoms with E-state index >= 15 is 0 Å². The van der Waals surface area contributed by atoms with Crippen molar-refractivity contribution in [1.82, 2.24) is 20.0 Å². The molecule has 0 unspecified atom stereocenters. The largest absolute Gasteiger partial charge is 0.311 e. The zero-order valence-electron chi connectivity index (χ0n) is 15.5. The zero-order chi connectivity index (χ0) is 17.8. The van der Waals surface area contributed by atoms with Gasteiger partial charge in [0.2, 0.25) is 0 Å². The molecule has 1 N–H and O–H groups in total. The Kier molecular flexibility index (Phi) is 6.15. The second-order valence-electron chi connectivity index (χ2n) is 7.25. The molecule has 1 atom stereocenters. The molecule has 25 heavy (non-hydrogen) atoms. The molecule has 1 fully saturated rings. The first-order valence-electron chi connectivity index (χ1n) is 9.24. The second kappa shape index (κ2) is 8.35. The molecule has 0 aliphatic carbocycles. The average molecular weight is 361 g/mol. The third-order valence-corrected chi connectivity index (χ3v) is 5.83. The molecule has 0 saturated carbocycles.